The number of carbonyl (C=O) groups is 1. The van der Waals surface area contributed by atoms with Crippen LogP contribution in [0.15, 0.2) is 0 Å². The molecule has 0 heterocycles. The first-order valence-electron chi connectivity index (χ1n) is 7.96. The van der Waals surface area contributed by atoms with Crippen LogP contribution in [0.3, 0.4) is 0 Å². The zero-order valence-electron chi connectivity index (χ0n) is 13.1. The second-order valence-electron chi connectivity index (χ2n) is 5.63. The van der Waals surface area contributed by atoms with Gasteiger partial charge < -0.3 is 4.90 Å². The van der Waals surface area contributed by atoms with Crippen LogP contribution in [-0.4, -0.2) is 29.2 Å². The number of alkyl halides is 1. The molecule has 0 aliphatic rings. The van der Waals surface area contributed by atoms with Crippen LogP contribution in [0.1, 0.15) is 78.1 Å². The molecule has 19 heavy (non-hydrogen) atoms. The quantitative estimate of drug-likeness (QED) is 0.357. The molecule has 1 unspecified atom stereocenters. The normalized spacial score (nSPS) is 12.4. The first kappa shape index (κ1) is 18.9. The number of halogens is 1. The van der Waals surface area contributed by atoms with Gasteiger partial charge in [0.1, 0.15) is 0 Å². The van der Waals surface area contributed by atoms with E-state index in [-0.39, 0.29) is 5.91 Å². The third-order valence-corrected chi connectivity index (χ3v) is 3.73. The Labute approximate surface area is 128 Å². The summed E-state index contributed by atoms with van der Waals surface area (Å²) < 4.78 is 0. The molecule has 0 fully saturated rings. The van der Waals surface area contributed by atoms with Crippen molar-refractivity contribution in [2.24, 2.45) is 0 Å². The minimum atomic E-state index is 0.286. The molecular weight excluding hydrogens is 302 g/mol. The van der Waals surface area contributed by atoms with Crippen molar-refractivity contribution in [2.45, 2.75) is 82.9 Å². The molecule has 0 aromatic rings. The van der Waals surface area contributed by atoms with Crippen molar-refractivity contribution >= 4 is 21.8 Å². The van der Waals surface area contributed by atoms with E-state index in [2.05, 4.69) is 29.8 Å². The lowest BCUT2D eigenvalue weighted by atomic mass is 10.1. The van der Waals surface area contributed by atoms with Crippen LogP contribution >= 0.6 is 15.9 Å². The summed E-state index contributed by atoms with van der Waals surface area (Å²) in [4.78, 5) is 14.0. The van der Waals surface area contributed by atoms with Crippen molar-refractivity contribution < 1.29 is 4.79 Å². The summed E-state index contributed by atoms with van der Waals surface area (Å²) in [5.74, 6) is 0.286. The fraction of sp³-hybridized carbons (Fsp3) is 0.938. The Hall–Kier alpha value is -0.0500. The molecule has 2 nitrogen and oxygen atoms in total. The summed E-state index contributed by atoms with van der Waals surface area (Å²) >= 11 is 3.48. The predicted molar refractivity (Wildman–Crippen MR) is 87.9 cm³/mol. The van der Waals surface area contributed by atoms with E-state index < -0.39 is 0 Å². The molecule has 1 amide bonds. The third kappa shape index (κ3) is 12.7. The Morgan fingerprint density at radius 2 is 1.47 bits per heavy atom. The van der Waals surface area contributed by atoms with E-state index in [4.69, 9.17) is 0 Å². The molecular formula is C16H32BrNO. The SMILES string of the molecule is CCCCCCCCCCCC(=O)N(C)CC(C)Br. The Balaban J connectivity index is 3.32. The van der Waals surface area contributed by atoms with Crippen LogP contribution in [0.4, 0.5) is 0 Å². The first-order chi connectivity index (χ1) is 9.07. The zero-order valence-corrected chi connectivity index (χ0v) is 14.7. The molecule has 0 N–H and O–H groups in total. The van der Waals surface area contributed by atoms with Gasteiger partial charge in [0.15, 0.2) is 0 Å². The van der Waals surface area contributed by atoms with E-state index in [0.717, 1.165) is 13.0 Å². The maximum Gasteiger partial charge on any atom is 0.222 e. The number of rotatable bonds is 12. The van der Waals surface area contributed by atoms with Crippen LogP contribution in [0.25, 0.3) is 0 Å². The topological polar surface area (TPSA) is 20.3 Å². The number of amides is 1. The van der Waals surface area contributed by atoms with Gasteiger partial charge in [-0.25, -0.2) is 0 Å². The average molecular weight is 334 g/mol. The smallest absolute Gasteiger partial charge is 0.222 e. The molecule has 0 aliphatic carbocycles. The van der Waals surface area contributed by atoms with Gasteiger partial charge in [-0.15, -0.1) is 0 Å². The maximum atomic E-state index is 11.8. The van der Waals surface area contributed by atoms with Crippen molar-refractivity contribution in [1.82, 2.24) is 4.90 Å². The molecule has 1 atom stereocenters. The average Bonchev–Trinajstić information content (AvgIpc) is 2.35. The highest BCUT2D eigenvalue weighted by Crippen LogP contribution is 2.11. The highest BCUT2D eigenvalue weighted by Gasteiger charge is 2.09. The molecule has 0 spiro atoms. The zero-order chi connectivity index (χ0) is 14.5. The van der Waals surface area contributed by atoms with Crippen LogP contribution < -0.4 is 0 Å². The largest absolute Gasteiger partial charge is 0.345 e. The van der Waals surface area contributed by atoms with Gasteiger partial charge in [0, 0.05) is 24.8 Å². The van der Waals surface area contributed by atoms with Crippen molar-refractivity contribution in [1.29, 1.82) is 0 Å². The predicted octanol–water partition coefficient (Wildman–Crippen LogP) is 5.15. The number of hydrogen-bond donors (Lipinski definition) is 0. The van der Waals surface area contributed by atoms with E-state index in [9.17, 15) is 4.79 Å². The van der Waals surface area contributed by atoms with Gasteiger partial charge in [0.25, 0.3) is 0 Å². The molecule has 0 rings (SSSR count). The summed E-state index contributed by atoms with van der Waals surface area (Å²) in [7, 11) is 1.90. The molecule has 114 valence electrons. The fourth-order valence-electron chi connectivity index (χ4n) is 2.26. The van der Waals surface area contributed by atoms with E-state index >= 15 is 0 Å². The second-order valence-corrected chi connectivity index (χ2v) is 7.20. The number of hydrogen-bond acceptors (Lipinski definition) is 1. The molecule has 3 heteroatoms. The highest BCUT2D eigenvalue weighted by molar-refractivity contribution is 9.09. The first-order valence-corrected chi connectivity index (χ1v) is 8.87. The van der Waals surface area contributed by atoms with Crippen molar-refractivity contribution in [3.05, 3.63) is 0 Å². The van der Waals surface area contributed by atoms with Crippen LogP contribution in [0, 0.1) is 0 Å². The Bertz CT molecular complexity index is 219. The van der Waals surface area contributed by atoms with Crippen LogP contribution in [0.5, 0.6) is 0 Å². The van der Waals surface area contributed by atoms with E-state index in [0.29, 0.717) is 11.2 Å². The lowest BCUT2D eigenvalue weighted by Gasteiger charge is -2.18. The van der Waals surface area contributed by atoms with Gasteiger partial charge in [-0.3, -0.25) is 4.79 Å². The highest BCUT2D eigenvalue weighted by atomic mass is 79.9. The molecule has 0 aliphatic heterocycles. The molecule has 0 aromatic carbocycles. The van der Waals surface area contributed by atoms with Gasteiger partial charge in [-0.05, 0) is 6.42 Å². The van der Waals surface area contributed by atoms with Crippen molar-refractivity contribution in [3.8, 4) is 0 Å². The monoisotopic (exact) mass is 333 g/mol. The van der Waals surface area contributed by atoms with Gasteiger partial charge in [0.2, 0.25) is 5.91 Å². The Morgan fingerprint density at radius 3 is 1.95 bits per heavy atom. The van der Waals surface area contributed by atoms with Gasteiger partial charge >= 0.3 is 0 Å². The maximum absolute atomic E-state index is 11.8. The van der Waals surface area contributed by atoms with Gasteiger partial charge in [-0.2, -0.15) is 0 Å². The van der Waals surface area contributed by atoms with Crippen molar-refractivity contribution in [2.75, 3.05) is 13.6 Å². The number of carbonyl (C=O) groups excluding carboxylic acids is 1. The lowest BCUT2D eigenvalue weighted by Crippen LogP contribution is -2.30. The summed E-state index contributed by atoms with van der Waals surface area (Å²) in [5.41, 5.74) is 0. The van der Waals surface area contributed by atoms with E-state index in [1.807, 2.05) is 11.9 Å². The summed E-state index contributed by atoms with van der Waals surface area (Å²) in [6.07, 6.45) is 12.5. The number of nitrogens with zero attached hydrogens (tertiary/aromatic N) is 1. The summed E-state index contributed by atoms with van der Waals surface area (Å²) in [6.45, 7) is 5.13. The van der Waals surface area contributed by atoms with E-state index in [1.165, 1.54) is 51.4 Å². The van der Waals surface area contributed by atoms with E-state index in [1.54, 1.807) is 0 Å². The minimum absolute atomic E-state index is 0.286. The van der Waals surface area contributed by atoms with Crippen LogP contribution in [0.2, 0.25) is 0 Å². The molecule has 0 bridgehead atoms. The van der Waals surface area contributed by atoms with Gasteiger partial charge in [-0.1, -0.05) is 81.1 Å². The van der Waals surface area contributed by atoms with Gasteiger partial charge in [0.05, 0.1) is 0 Å². The molecule has 0 saturated heterocycles. The summed E-state index contributed by atoms with van der Waals surface area (Å²) in [6, 6.07) is 0. The summed E-state index contributed by atoms with van der Waals surface area (Å²) in [5, 5.41) is 0. The second kappa shape index (κ2) is 13.0. The van der Waals surface area contributed by atoms with Crippen molar-refractivity contribution in [3.63, 3.8) is 0 Å². The Morgan fingerprint density at radius 1 is 1.00 bits per heavy atom. The molecule has 0 aromatic heterocycles. The molecule has 0 radical (unpaired) electrons. The molecule has 0 saturated carbocycles. The fourth-order valence-corrected chi connectivity index (χ4v) is 2.69. The third-order valence-electron chi connectivity index (χ3n) is 3.45. The Kier molecular flexibility index (Phi) is 12.9. The standard InChI is InChI=1S/C16H32BrNO/c1-4-5-6-7-8-9-10-11-12-13-16(19)18(3)14-15(2)17/h15H,4-14H2,1-3H3. The van der Waals surface area contributed by atoms with Crippen LogP contribution in [-0.2, 0) is 4.79 Å². The minimum Gasteiger partial charge on any atom is -0.345 e. The lowest BCUT2D eigenvalue weighted by molar-refractivity contribution is -0.129. The number of unbranched alkanes of at least 4 members (excludes halogenated alkanes) is 8.